The zero-order valence-corrected chi connectivity index (χ0v) is 17.1. The fourth-order valence-electron chi connectivity index (χ4n) is 4.06. The summed E-state index contributed by atoms with van der Waals surface area (Å²) >= 11 is 0. The first-order valence-electron chi connectivity index (χ1n) is 10.4. The SMILES string of the molecule is Oc1ccc(C=Cc2c3ccccc3c(C=Cc3ccccc3)c3ccccc23)cc1. The molecule has 0 bridgehead atoms. The van der Waals surface area contributed by atoms with Crippen molar-refractivity contribution in [3.63, 3.8) is 0 Å². The van der Waals surface area contributed by atoms with Gasteiger partial charge in [-0.2, -0.15) is 0 Å². The van der Waals surface area contributed by atoms with Crippen LogP contribution < -0.4 is 0 Å². The maximum atomic E-state index is 9.56. The minimum atomic E-state index is 0.280. The van der Waals surface area contributed by atoms with Gasteiger partial charge in [-0.25, -0.2) is 0 Å². The van der Waals surface area contributed by atoms with Gasteiger partial charge in [0.2, 0.25) is 0 Å². The van der Waals surface area contributed by atoms with Crippen molar-refractivity contribution >= 4 is 45.8 Å². The average Bonchev–Trinajstić information content (AvgIpc) is 2.83. The van der Waals surface area contributed by atoms with Crippen LogP contribution in [-0.4, -0.2) is 5.11 Å². The van der Waals surface area contributed by atoms with Gasteiger partial charge in [0, 0.05) is 0 Å². The van der Waals surface area contributed by atoms with Crippen LogP contribution in [0, 0.1) is 0 Å². The molecular weight excluding hydrogens is 376 g/mol. The average molecular weight is 399 g/mol. The molecule has 1 N–H and O–H groups in total. The number of phenols is 1. The van der Waals surface area contributed by atoms with Crippen LogP contribution in [0.5, 0.6) is 5.75 Å². The number of phenolic OH excluding ortho intramolecular Hbond substituents is 1. The number of benzene rings is 5. The van der Waals surface area contributed by atoms with Crippen LogP contribution >= 0.6 is 0 Å². The van der Waals surface area contributed by atoms with Crippen LogP contribution in [-0.2, 0) is 0 Å². The molecule has 148 valence electrons. The summed E-state index contributed by atoms with van der Waals surface area (Å²) in [4.78, 5) is 0. The first-order valence-corrected chi connectivity index (χ1v) is 10.4. The highest BCUT2D eigenvalue weighted by Crippen LogP contribution is 2.35. The third kappa shape index (κ3) is 3.86. The summed E-state index contributed by atoms with van der Waals surface area (Å²) in [6.07, 6.45) is 8.70. The Balaban J connectivity index is 1.72. The summed E-state index contributed by atoms with van der Waals surface area (Å²) in [5, 5.41) is 14.5. The Hall–Kier alpha value is -4.10. The minimum absolute atomic E-state index is 0.280. The molecule has 0 saturated heterocycles. The molecule has 0 aliphatic heterocycles. The molecule has 5 aromatic rings. The summed E-state index contributed by atoms with van der Waals surface area (Å²) in [7, 11) is 0. The molecule has 0 aliphatic carbocycles. The van der Waals surface area contributed by atoms with E-state index in [1.165, 1.54) is 38.2 Å². The molecule has 0 saturated carbocycles. The largest absolute Gasteiger partial charge is 0.508 e. The molecule has 0 unspecified atom stereocenters. The summed E-state index contributed by atoms with van der Waals surface area (Å²) < 4.78 is 0. The second-order valence-corrected chi connectivity index (χ2v) is 7.59. The molecule has 1 nitrogen and oxygen atoms in total. The Labute approximate surface area is 182 Å². The molecule has 0 aliphatic rings. The van der Waals surface area contributed by atoms with Crippen LogP contribution in [0.4, 0.5) is 0 Å². The number of hydrogen-bond acceptors (Lipinski definition) is 1. The lowest BCUT2D eigenvalue weighted by Gasteiger charge is -2.13. The predicted octanol–water partition coefficient (Wildman–Crippen LogP) is 8.04. The van der Waals surface area contributed by atoms with Crippen molar-refractivity contribution in [1.82, 2.24) is 0 Å². The lowest BCUT2D eigenvalue weighted by atomic mass is 9.91. The quantitative estimate of drug-likeness (QED) is 0.240. The maximum absolute atomic E-state index is 9.56. The van der Waals surface area contributed by atoms with Gasteiger partial charge in [0.15, 0.2) is 0 Å². The van der Waals surface area contributed by atoms with E-state index in [0.29, 0.717) is 0 Å². The molecule has 0 radical (unpaired) electrons. The van der Waals surface area contributed by atoms with E-state index in [2.05, 4.69) is 97.1 Å². The zero-order valence-electron chi connectivity index (χ0n) is 17.1. The summed E-state index contributed by atoms with van der Waals surface area (Å²) in [5.41, 5.74) is 4.68. The van der Waals surface area contributed by atoms with E-state index >= 15 is 0 Å². The molecule has 0 fully saturated rings. The van der Waals surface area contributed by atoms with Gasteiger partial charge in [-0.3, -0.25) is 0 Å². The highest BCUT2D eigenvalue weighted by Gasteiger charge is 2.10. The van der Waals surface area contributed by atoms with Crippen molar-refractivity contribution in [1.29, 1.82) is 0 Å². The van der Waals surface area contributed by atoms with Crippen LogP contribution in [0.1, 0.15) is 22.3 Å². The van der Waals surface area contributed by atoms with Crippen LogP contribution in [0.15, 0.2) is 103 Å². The Kier molecular flexibility index (Phi) is 5.08. The maximum Gasteiger partial charge on any atom is 0.115 e. The fourth-order valence-corrected chi connectivity index (χ4v) is 4.06. The first kappa shape index (κ1) is 18.9. The third-order valence-electron chi connectivity index (χ3n) is 5.59. The number of hydrogen-bond donors (Lipinski definition) is 1. The monoisotopic (exact) mass is 398 g/mol. The van der Waals surface area contributed by atoms with Crippen molar-refractivity contribution in [3.05, 3.63) is 125 Å². The van der Waals surface area contributed by atoms with E-state index < -0.39 is 0 Å². The van der Waals surface area contributed by atoms with Gasteiger partial charge in [0.1, 0.15) is 5.75 Å². The normalized spacial score (nSPS) is 11.7. The van der Waals surface area contributed by atoms with E-state index in [9.17, 15) is 5.11 Å². The molecule has 0 amide bonds. The van der Waals surface area contributed by atoms with Gasteiger partial charge in [-0.15, -0.1) is 0 Å². The van der Waals surface area contributed by atoms with Crippen molar-refractivity contribution in [2.75, 3.05) is 0 Å². The Morgan fingerprint density at radius 2 is 0.774 bits per heavy atom. The van der Waals surface area contributed by atoms with Crippen LogP contribution in [0.25, 0.3) is 45.8 Å². The first-order chi connectivity index (χ1) is 15.3. The second-order valence-electron chi connectivity index (χ2n) is 7.59. The predicted molar refractivity (Wildman–Crippen MR) is 134 cm³/mol. The number of aromatic hydroxyl groups is 1. The molecule has 0 heterocycles. The molecule has 1 heteroatoms. The standard InChI is InChI=1S/C30H22O/c31-24-18-14-23(15-19-24)17-21-30-27-12-6-4-10-25(27)29(26-11-5-7-13-28(26)30)20-16-22-8-2-1-3-9-22/h1-21,31H. The lowest BCUT2D eigenvalue weighted by molar-refractivity contribution is 0.475. The van der Waals surface area contributed by atoms with E-state index in [0.717, 1.165) is 5.56 Å². The molecule has 5 rings (SSSR count). The molecule has 0 aromatic heterocycles. The van der Waals surface area contributed by atoms with Crippen molar-refractivity contribution in [2.24, 2.45) is 0 Å². The summed E-state index contributed by atoms with van der Waals surface area (Å²) in [6, 6.07) is 34.9. The van der Waals surface area contributed by atoms with E-state index in [1.54, 1.807) is 12.1 Å². The van der Waals surface area contributed by atoms with Gasteiger partial charge in [-0.05, 0) is 55.9 Å². The topological polar surface area (TPSA) is 20.2 Å². The highest BCUT2D eigenvalue weighted by atomic mass is 16.3. The smallest absolute Gasteiger partial charge is 0.115 e. The van der Waals surface area contributed by atoms with E-state index in [1.807, 2.05) is 18.2 Å². The Bertz CT molecular complexity index is 1350. The summed E-state index contributed by atoms with van der Waals surface area (Å²) in [5.74, 6) is 0.280. The number of rotatable bonds is 4. The molecule has 0 atom stereocenters. The van der Waals surface area contributed by atoms with Crippen LogP contribution in [0.3, 0.4) is 0 Å². The highest BCUT2D eigenvalue weighted by molar-refractivity contribution is 6.14. The Morgan fingerprint density at radius 1 is 0.387 bits per heavy atom. The minimum Gasteiger partial charge on any atom is -0.508 e. The van der Waals surface area contributed by atoms with Gasteiger partial charge in [-0.1, -0.05) is 115 Å². The zero-order chi connectivity index (χ0) is 21.0. The second kappa shape index (κ2) is 8.33. The van der Waals surface area contributed by atoms with Crippen molar-refractivity contribution < 1.29 is 5.11 Å². The van der Waals surface area contributed by atoms with Gasteiger partial charge < -0.3 is 5.11 Å². The molecular formula is C30H22O. The van der Waals surface area contributed by atoms with Crippen molar-refractivity contribution in [2.45, 2.75) is 0 Å². The molecule has 0 spiro atoms. The Morgan fingerprint density at radius 3 is 1.23 bits per heavy atom. The van der Waals surface area contributed by atoms with E-state index in [4.69, 9.17) is 0 Å². The van der Waals surface area contributed by atoms with E-state index in [-0.39, 0.29) is 5.75 Å². The summed E-state index contributed by atoms with van der Waals surface area (Å²) in [6.45, 7) is 0. The number of fused-ring (bicyclic) bond motifs is 2. The molecule has 31 heavy (non-hydrogen) atoms. The third-order valence-corrected chi connectivity index (χ3v) is 5.59. The van der Waals surface area contributed by atoms with Gasteiger partial charge >= 0.3 is 0 Å². The lowest BCUT2D eigenvalue weighted by Crippen LogP contribution is -1.88. The fraction of sp³-hybridized carbons (Fsp3) is 0. The van der Waals surface area contributed by atoms with Crippen LogP contribution in [0.2, 0.25) is 0 Å². The van der Waals surface area contributed by atoms with Crippen molar-refractivity contribution in [3.8, 4) is 5.75 Å². The van der Waals surface area contributed by atoms with Gasteiger partial charge in [0.25, 0.3) is 0 Å². The molecule has 5 aromatic carbocycles. The van der Waals surface area contributed by atoms with Gasteiger partial charge in [0.05, 0.1) is 0 Å².